The number of carboxylic acids is 1. The van der Waals surface area contributed by atoms with Gasteiger partial charge in [0.05, 0.1) is 12.2 Å². The second-order valence-corrected chi connectivity index (χ2v) is 5.50. The number of morpholine rings is 1. The summed E-state index contributed by atoms with van der Waals surface area (Å²) in [6.45, 7) is 3.72. The molecule has 1 fully saturated rings. The first-order chi connectivity index (χ1) is 8.49. The molecule has 1 aromatic carbocycles. The largest absolute Gasteiger partial charge is 0.480 e. The lowest BCUT2D eigenvalue weighted by atomic mass is 9.98. The molecule has 0 aromatic heterocycles. The van der Waals surface area contributed by atoms with Crippen molar-refractivity contribution in [2.45, 2.75) is 38.1 Å². The van der Waals surface area contributed by atoms with E-state index in [-0.39, 0.29) is 18.2 Å². The van der Waals surface area contributed by atoms with Gasteiger partial charge in [-0.25, -0.2) is 0 Å². The summed E-state index contributed by atoms with van der Waals surface area (Å²) >= 11 is 3.43. The van der Waals surface area contributed by atoms with Crippen LogP contribution in [-0.4, -0.2) is 29.3 Å². The molecule has 18 heavy (non-hydrogen) atoms. The zero-order valence-electron chi connectivity index (χ0n) is 10.3. The third-order valence-electron chi connectivity index (χ3n) is 3.17. The molecule has 2 rings (SSSR count). The Labute approximate surface area is 114 Å². The van der Waals surface area contributed by atoms with E-state index in [2.05, 4.69) is 21.2 Å². The van der Waals surface area contributed by atoms with Gasteiger partial charge in [0.1, 0.15) is 6.04 Å². The monoisotopic (exact) mass is 313 g/mol. The average Bonchev–Trinajstić information content (AvgIpc) is 2.31. The molecule has 1 aliphatic rings. The molecule has 0 saturated carbocycles. The summed E-state index contributed by atoms with van der Waals surface area (Å²) in [6.07, 6.45) is -0.490. The van der Waals surface area contributed by atoms with Gasteiger partial charge in [-0.1, -0.05) is 28.1 Å². The molecule has 98 valence electrons. The molecule has 0 bridgehead atoms. The number of halogens is 1. The molecular weight excluding hydrogens is 298 g/mol. The van der Waals surface area contributed by atoms with Crippen LogP contribution in [-0.2, 0) is 9.53 Å². The molecule has 5 heteroatoms. The van der Waals surface area contributed by atoms with Crippen molar-refractivity contribution in [2.24, 2.45) is 0 Å². The highest BCUT2D eigenvalue weighted by molar-refractivity contribution is 9.10. The van der Waals surface area contributed by atoms with Crippen molar-refractivity contribution in [3.8, 4) is 0 Å². The molecule has 1 aliphatic heterocycles. The Balaban J connectivity index is 2.19. The molecule has 2 N–H and O–H groups in total. The number of benzene rings is 1. The standard InChI is InChI=1S/C13H16BrNO3/c1-7-12(9-4-3-5-10(14)6-9)18-8(2)11(15-7)13(16)17/h3-8,11-12,15H,1-2H3,(H,16,17). The molecule has 0 radical (unpaired) electrons. The maximum absolute atomic E-state index is 11.1. The van der Waals surface area contributed by atoms with Gasteiger partial charge in [-0.3, -0.25) is 10.1 Å². The van der Waals surface area contributed by atoms with Crippen molar-refractivity contribution in [3.05, 3.63) is 34.3 Å². The lowest BCUT2D eigenvalue weighted by molar-refractivity contribution is -0.152. The highest BCUT2D eigenvalue weighted by Crippen LogP contribution is 2.29. The van der Waals surface area contributed by atoms with Gasteiger partial charge in [-0.05, 0) is 31.5 Å². The Kier molecular flexibility index (Phi) is 4.04. The summed E-state index contributed by atoms with van der Waals surface area (Å²) in [4.78, 5) is 11.1. The second-order valence-electron chi connectivity index (χ2n) is 4.59. The smallest absolute Gasteiger partial charge is 0.323 e. The Bertz CT molecular complexity index is 452. The minimum Gasteiger partial charge on any atom is -0.480 e. The number of carbonyl (C=O) groups is 1. The molecular formula is C13H16BrNO3. The summed E-state index contributed by atoms with van der Waals surface area (Å²) in [5.41, 5.74) is 1.04. The molecule has 0 aliphatic carbocycles. The van der Waals surface area contributed by atoms with Crippen LogP contribution in [0, 0.1) is 0 Å². The van der Waals surface area contributed by atoms with Crippen LogP contribution < -0.4 is 5.32 Å². The van der Waals surface area contributed by atoms with Crippen LogP contribution in [0.2, 0.25) is 0 Å². The summed E-state index contributed by atoms with van der Waals surface area (Å²) in [7, 11) is 0. The molecule has 0 amide bonds. The normalized spacial score (nSPS) is 32.2. The third-order valence-corrected chi connectivity index (χ3v) is 3.66. The Morgan fingerprint density at radius 1 is 1.44 bits per heavy atom. The predicted octanol–water partition coefficient (Wildman–Crippen LogP) is 2.34. The Morgan fingerprint density at radius 3 is 2.78 bits per heavy atom. The van der Waals surface area contributed by atoms with E-state index in [4.69, 9.17) is 9.84 Å². The molecule has 0 spiro atoms. The van der Waals surface area contributed by atoms with Gasteiger partial charge in [0.25, 0.3) is 0 Å². The molecule has 1 aromatic rings. The Hall–Kier alpha value is -0.910. The minimum atomic E-state index is -0.873. The van der Waals surface area contributed by atoms with Crippen molar-refractivity contribution in [2.75, 3.05) is 0 Å². The average molecular weight is 314 g/mol. The predicted molar refractivity (Wildman–Crippen MR) is 71.5 cm³/mol. The number of aliphatic carboxylic acids is 1. The van der Waals surface area contributed by atoms with Crippen molar-refractivity contribution in [3.63, 3.8) is 0 Å². The van der Waals surface area contributed by atoms with Gasteiger partial charge in [0, 0.05) is 10.5 Å². The van der Waals surface area contributed by atoms with Crippen LogP contribution >= 0.6 is 15.9 Å². The van der Waals surface area contributed by atoms with E-state index in [1.165, 1.54) is 0 Å². The lowest BCUT2D eigenvalue weighted by Gasteiger charge is -2.38. The van der Waals surface area contributed by atoms with E-state index in [9.17, 15) is 4.79 Å². The zero-order valence-corrected chi connectivity index (χ0v) is 11.8. The molecule has 4 atom stereocenters. The van der Waals surface area contributed by atoms with Crippen molar-refractivity contribution in [1.82, 2.24) is 5.32 Å². The summed E-state index contributed by atoms with van der Waals surface area (Å²) in [5, 5.41) is 12.2. The van der Waals surface area contributed by atoms with E-state index in [1.54, 1.807) is 6.92 Å². The van der Waals surface area contributed by atoms with Crippen molar-refractivity contribution < 1.29 is 14.6 Å². The van der Waals surface area contributed by atoms with E-state index < -0.39 is 12.0 Å². The third kappa shape index (κ3) is 2.74. The first-order valence-electron chi connectivity index (χ1n) is 5.89. The first-order valence-corrected chi connectivity index (χ1v) is 6.68. The van der Waals surface area contributed by atoms with Crippen LogP contribution in [0.25, 0.3) is 0 Å². The Morgan fingerprint density at radius 2 is 2.17 bits per heavy atom. The van der Waals surface area contributed by atoms with E-state index in [1.807, 2.05) is 31.2 Å². The van der Waals surface area contributed by atoms with Crippen molar-refractivity contribution >= 4 is 21.9 Å². The fourth-order valence-corrected chi connectivity index (χ4v) is 2.67. The highest BCUT2D eigenvalue weighted by atomic mass is 79.9. The SMILES string of the molecule is CC1NC(C(=O)O)C(C)OC1c1cccc(Br)c1. The number of nitrogens with one attached hydrogen (secondary N) is 1. The summed E-state index contributed by atoms with van der Waals surface area (Å²) in [5.74, 6) is -0.873. The second kappa shape index (κ2) is 5.38. The molecule has 4 unspecified atom stereocenters. The van der Waals surface area contributed by atoms with E-state index in [0.717, 1.165) is 10.0 Å². The van der Waals surface area contributed by atoms with Crippen LogP contribution in [0.5, 0.6) is 0 Å². The maximum atomic E-state index is 11.1. The summed E-state index contributed by atoms with van der Waals surface area (Å²) < 4.78 is 6.84. The highest BCUT2D eigenvalue weighted by Gasteiger charge is 2.37. The van der Waals surface area contributed by atoms with Crippen LogP contribution in [0.15, 0.2) is 28.7 Å². The van der Waals surface area contributed by atoms with Gasteiger partial charge in [0.15, 0.2) is 0 Å². The number of hydrogen-bond acceptors (Lipinski definition) is 3. The maximum Gasteiger partial charge on any atom is 0.323 e. The summed E-state index contributed by atoms with van der Waals surface area (Å²) in [6, 6.07) is 7.19. The fraction of sp³-hybridized carbons (Fsp3) is 0.462. The van der Waals surface area contributed by atoms with Crippen LogP contribution in [0.4, 0.5) is 0 Å². The first kappa shape index (κ1) is 13.5. The zero-order chi connectivity index (χ0) is 13.3. The van der Waals surface area contributed by atoms with Gasteiger partial charge >= 0.3 is 5.97 Å². The number of carboxylic acid groups (broad SMARTS) is 1. The molecule has 1 heterocycles. The van der Waals surface area contributed by atoms with E-state index >= 15 is 0 Å². The van der Waals surface area contributed by atoms with E-state index in [0.29, 0.717) is 0 Å². The van der Waals surface area contributed by atoms with Gasteiger partial charge in [-0.2, -0.15) is 0 Å². The van der Waals surface area contributed by atoms with Gasteiger partial charge in [-0.15, -0.1) is 0 Å². The topological polar surface area (TPSA) is 58.6 Å². The van der Waals surface area contributed by atoms with Crippen LogP contribution in [0.1, 0.15) is 25.5 Å². The molecule has 4 nitrogen and oxygen atoms in total. The quantitative estimate of drug-likeness (QED) is 0.880. The number of ether oxygens (including phenoxy) is 1. The van der Waals surface area contributed by atoms with Crippen LogP contribution in [0.3, 0.4) is 0 Å². The lowest BCUT2D eigenvalue weighted by Crippen LogP contribution is -2.56. The molecule has 1 saturated heterocycles. The number of rotatable bonds is 2. The fourth-order valence-electron chi connectivity index (χ4n) is 2.26. The van der Waals surface area contributed by atoms with Gasteiger partial charge < -0.3 is 9.84 Å². The minimum absolute atomic E-state index is 0.0448. The van der Waals surface area contributed by atoms with Gasteiger partial charge in [0.2, 0.25) is 0 Å². The van der Waals surface area contributed by atoms with Crippen molar-refractivity contribution in [1.29, 1.82) is 0 Å². The number of hydrogen-bond donors (Lipinski definition) is 2.